The molecule has 8 heteroatoms. The predicted molar refractivity (Wildman–Crippen MR) is 96.9 cm³/mol. The molecule has 1 unspecified atom stereocenters. The quantitative estimate of drug-likeness (QED) is 0.779. The van der Waals surface area contributed by atoms with E-state index < -0.39 is 15.8 Å². The van der Waals surface area contributed by atoms with Gasteiger partial charge in [0.2, 0.25) is 0 Å². The second-order valence-electron chi connectivity index (χ2n) is 6.91. The number of nitrogens with zero attached hydrogens (tertiary/aromatic N) is 1. The molecule has 26 heavy (non-hydrogen) atoms. The SMILES string of the molecule is COC(=O)c1ccc(C(=O)NC2CCN(C3CCS(=O)(=O)C3)CC2)cc1. The van der Waals surface area contributed by atoms with E-state index in [4.69, 9.17) is 0 Å². The summed E-state index contributed by atoms with van der Waals surface area (Å²) in [5.74, 6) is -0.0477. The maximum atomic E-state index is 12.4. The zero-order valence-electron chi connectivity index (χ0n) is 14.8. The molecule has 0 spiro atoms. The molecule has 2 heterocycles. The van der Waals surface area contributed by atoms with Gasteiger partial charge >= 0.3 is 5.97 Å². The third kappa shape index (κ3) is 4.42. The number of rotatable bonds is 4. The molecule has 0 aliphatic carbocycles. The molecule has 2 aliphatic heterocycles. The number of nitrogens with one attached hydrogen (secondary N) is 1. The molecular formula is C18H24N2O5S. The second-order valence-corrected chi connectivity index (χ2v) is 9.14. The smallest absolute Gasteiger partial charge is 0.337 e. The highest BCUT2D eigenvalue weighted by atomic mass is 32.2. The highest BCUT2D eigenvalue weighted by Crippen LogP contribution is 2.22. The van der Waals surface area contributed by atoms with Crippen LogP contribution in [0, 0.1) is 0 Å². The van der Waals surface area contributed by atoms with Crippen LogP contribution in [0.1, 0.15) is 40.0 Å². The standard InChI is InChI=1S/C18H24N2O5S/c1-25-18(22)14-4-2-13(3-5-14)17(21)19-15-6-9-20(10-7-15)16-8-11-26(23,24)12-16/h2-5,15-16H,6-12H2,1H3,(H,19,21). The van der Waals surface area contributed by atoms with Gasteiger partial charge in [0, 0.05) is 30.7 Å². The van der Waals surface area contributed by atoms with Crippen molar-refractivity contribution in [1.82, 2.24) is 10.2 Å². The Morgan fingerprint density at radius 1 is 1.08 bits per heavy atom. The van der Waals surface area contributed by atoms with Gasteiger partial charge < -0.3 is 10.1 Å². The molecule has 0 radical (unpaired) electrons. The molecule has 0 bridgehead atoms. The summed E-state index contributed by atoms with van der Waals surface area (Å²) < 4.78 is 27.9. The van der Waals surface area contributed by atoms with Crippen LogP contribution in [0.25, 0.3) is 0 Å². The van der Waals surface area contributed by atoms with Gasteiger partial charge in [0.25, 0.3) is 5.91 Å². The zero-order valence-corrected chi connectivity index (χ0v) is 15.6. The molecule has 1 aromatic rings. The van der Waals surface area contributed by atoms with Crippen molar-refractivity contribution in [1.29, 1.82) is 0 Å². The van der Waals surface area contributed by atoms with Crippen LogP contribution in [0.3, 0.4) is 0 Å². The first-order valence-electron chi connectivity index (χ1n) is 8.81. The third-order valence-corrected chi connectivity index (χ3v) is 6.91. The van der Waals surface area contributed by atoms with E-state index in [1.165, 1.54) is 7.11 Å². The first kappa shape index (κ1) is 18.8. The minimum absolute atomic E-state index is 0.0806. The Hall–Kier alpha value is -1.93. The van der Waals surface area contributed by atoms with E-state index in [-0.39, 0.29) is 29.5 Å². The molecule has 1 N–H and O–H groups in total. The zero-order chi connectivity index (χ0) is 18.7. The van der Waals surface area contributed by atoms with E-state index in [9.17, 15) is 18.0 Å². The molecule has 0 aromatic heterocycles. The summed E-state index contributed by atoms with van der Waals surface area (Å²) in [5.41, 5.74) is 0.908. The molecule has 142 valence electrons. The van der Waals surface area contributed by atoms with Crippen LogP contribution < -0.4 is 5.32 Å². The molecule has 1 amide bonds. The highest BCUT2D eigenvalue weighted by Gasteiger charge is 2.34. The Morgan fingerprint density at radius 2 is 1.69 bits per heavy atom. The Bertz CT molecular complexity index is 767. The number of piperidine rings is 1. The minimum Gasteiger partial charge on any atom is -0.465 e. The van der Waals surface area contributed by atoms with E-state index in [0.717, 1.165) is 25.9 Å². The second kappa shape index (κ2) is 7.75. The number of likely N-dealkylation sites (tertiary alicyclic amines) is 1. The summed E-state index contributed by atoms with van der Waals surface area (Å²) in [4.78, 5) is 26.0. The first-order chi connectivity index (χ1) is 12.4. The van der Waals surface area contributed by atoms with E-state index in [0.29, 0.717) is 17.5 Å². The average molecular weight is 380 g/mol. The van der Waals surface area contributed by atoms with E-state index in [1.807, 2.05) is 0 Å². The van der Waals surface area contributed by atoms with Gasteiger partial charge in [-0.2, -0.15) is 0 Å². The third-order valence-electron chi connectivity index (χ3n) is 5.16. The molecule has 3 rings (SSSR count). The Balaban J connectivity index is 1.50. The Kier molecular flexibility index (Phi) is 5.62. The van der Waals surface area contributed by atoms with Crippen molar-refractivity contribution < 1.29 is 22.7 Å². The van der Waals surface area contributed by atoms with Crippen LogP contribution in [0.4, 0.5) is 0 Å². The van der Waals surface area contributed by atoms with Crippen molar-refractivity contribution in [3.8, 4) is 0 Å². The van der Waals surface area contributed by atoms with Crippen molar-refractivity contribution in [3.05, 3.63) is 35.4 Å². The van der Waals surface area contributed by atoms with Gasteiger partial charge in [0.1, 0.15) is 0 Å². The summed E-state index contributed by atoms with van der Waals surface area (Å²) in [6, 6.07) is 6.58. The number of esters is 1. The van der Waals surface area contributed by atoms with E-state index in [1.54, 1.807) is 24.3 Å². The maximum absolute atomic E-state index is 12.4. The van der Waals surface area contributed by atoms with Gasteiger partial charge in [0.15, 0.2) is 9.84 Å². The van der Waals surface area contributed by atoms with Gasteiger partial charge in [-0.1, -0.05) is 0 Å². The van der Waals surface area contributed by atoms with Gasteiger partial charge in [-0.25, -0.2) is 13.2 Å². The number of carbonyl (C=O) groups is 2. The Labute approximate surface area is 153 Å². The topological polar surface area (TPSA) is 92.8 Å². The van der Waals surface area contributed by atoms with Crippen molar-refractivity contribution >= 4 is 21.7 Å². The van der Waals surface area contributed by atoms with Gasteiger partial charge in [0.05, 0.1) is 24.2 Å². The molecule has 7 nitrogen and oxygen atoms in total. The number of benzene rings is 1. The normalized spacial score (nSPS) is 23.5. The van der Waals surface area contributed by atoms with Crippen molar-refractivity contribution in [2.45, 2.75) is 31.3 Å². The highest BCUT2D eigenvalue weighted by molar-refractivity contribution is 7.91. The summed E-state index contributed by atoms with van der Waals surface area (Å²) in [6.45, 7) is 1.60. The molecule has 1 atom stereocenters. The predicted octanol–water partition coefficient (Wildman–Crippen LogP) is 0.855. The summed E-state index contributed by atoms with van der Waals surface area (Å²) in [7, 11) is -1.55. The number of hydrogen-bond donors (Lipinski definition) is 1. The van der Waals surface area contributed by atoms with Crippen LogP contribution in [0.2, 0.25) is 0 Å². The van der Waals surface area contributed by atoms with E-state index >= 15 is 0 Å². The van der Waals surface area contributed by atoms with Gasteiger partial charge in [-0.3, -0.25) is 9.69 Å². The summed E-state index contributed by atoms with van der Waals surface area (Å²) >= 11 is 0. The first-order valence-corrected chi connectivity index (χ1v) is 10.6. The fourth-order valence-electron chi connectivity index (χ4n) is 3.62. The summed E-state index contributed by atoms with van der Waals surface area (Å²) in [5, 5.41) is 3.03. The van der Waals surface area contributed by atoms with Crippen LogP contribution in [0.5, 0.6) is 0 Å². The largest absolute Gasteiger partial charge is 0.465 e. The van der Waals surface area contributed by atoms with Gasteiger partial charge in [-0.05, 0) is 43.5 Å². The lowest BCUT2D eigenvalue weighted by atomic mass is 10.0. The van der Waals surface area contributed by atoms with Crippen molar-refractivity contribution in [2.24, 2.45) is 0 Å². The van der Waals surface area contributed by atoms with Crippen molar-refractivity contribution in [2.75, 3.05) is 31.7 Å². The van der Waals surface area contributed by atoms with Crippen LogP contribution in [-0.4, -0.2) is 69.0 Å². The van der Waals surface area contributed by atoms with Crippen LogP contribution in [0.15, 0.2) is 24.3 Å². The lowest BCUT2D eigenvalue weighted by Gasteiger charge is -2.35. The number of hydrogen-bond acceptors (Lipinski definition) is 6. The summed E-state index contributed by atoms with van der Waals surface area (Å²) in [6.07, 6.45) is 2.33. The van der Waals surface area contributed by atoms with Crippen molar-refractivity contribution in [3.63, 3.8) is 0 Å². The number of amides is 1. The maximum Gasteiger partial charge on any atom is 0.337 e. The molecule has 1 aromatic carbocycles. The van der Waals surface area contributed by atoms with E-state index in [2.05, 4.69) is 15.0 Å². The lowest BCUT2D eigenvalue weighted by Crippen LogP contribution is -2.48. The minimum atomic E-state index is -2.87. The number of sulfone groups is 1. The number of ether oxygens (including phenoxy) is 1. The molecule has 0 saturated carbocycles. The van der Waals surface area contributed by atoms with Crippen LogP contribution in [-0.2, 0) is 14.6 Å². The average Bonchev–Trinajstić information content (AvgIpc) is 3.01. The van der Waals surface area contributed by atoms with Crippen LogP contribution >= 0.6 is 0 Å². The molecule has 2 saturated heterocycles. The molecule has 2 aliphatic rings. The Morgan fingerprint density at radius 3 is 2.23 bits per heavy atom. The number of methoxy groups -OCH3 is 1. The lowest BCUT2D eigenvalue weighted by molar-refractivity contribution is 0.0600. The monoisotopic (exact) mass is 380 g/mol. The number of carbonyl (C=O) groups excluding carboxylic acids is 2. The fraction of sp³-hybridized carbons (Fsp3) is 0.556. The molecule has 2 fully saturated rings. The molecular weight excluding hydrogens is 356 g/mol. The van der Waals surface area contributed by atoms with Gasteiger partial charge in [-0.15, -0.1) is 0 Å². The fourth-order valence-corrected chi connectivity index (χ4v) is 5.38.